The molecule has 0 fully saturated rings. The molecule has 0 aliphatic rings. The van der Waals surface area contributed by atoms with Gasteiger partial charge in [-0.05, 0) is 29.8 Å². The third-order valence-corrected chi connectivity index (χ3v) is 4.06. The Hall–Kier alpha value is -3.87. The maximum absolute atomic E-state index is 13.7. The van der Waals surface area contributed by atoms with Gasteiger partial charge in [-0.1, -0.05) is 48.5 Å². The lowest BCUT2D eigenvalue weighted by Crippen LogP contribution is -2.43. The molecule has 0 unspecified atom stereocenters. The first-order chi connectivity index (χ1) is 14.1. The van der Waals surface area contributed by atoms with E-state index in [9.17, 15) is 14.0 Å². The summed E-state index contributed by atoms with van der Waals surface area (Å²) in [6, 6.07) is 20.7. The van der Waals surface area contributed by atoms with E-state index < -0.39 is 17.6 Å². The highest BCUT2D eigenvalue weighted by Crippen LogP contribution is 2.29. The second-order valence-corrected chi connectivity index (χ2v) is 6.00. The summed E-state index contributed by atoms with van der Waals surface area (Å²) < 4.78 is 24.1. The number of rotatable bonds is 6. The van der Waals surface area contributed by atoms with Crippen LogP contribution in [0.15, 0.2) is 72.8 Å². The number of nitrogens with one attached hydrogen (secondary N) is 2. The number of para-hydroxylation sites is 1. The average Bonchev–Trinajstić information content (AvgIpc) is 2.76. The van der Waals surface area contributed by atoms with Gasteiger partial charge in [-0.25, -0.2) is 4.39 Å². The third kappa shape index (κ3) is 5.10. The molecule has 0 aromatic heterocycles. The van der Waals surface area contributed by atoms with Crippen LogP contribution in [0.2, 0.25) is 0 Å². The Labute approximate surface area is 167 Å². The second kappa shape index (κ2) is 9.36. The molecule has 0 atom stereocenters. The van der Waals surface area contributed by atoms with Crippen LogP contribution in [0.25, 0.3) is 11.1 Å². The van der Waals surface area contributed by atoms with E-state index in [0.29, 0.717) is 5.75 Å². The van der Waals surface area contributed by atoms with Crippen molar-refractivity contribution in [3.63, 3.8) is 0 Å². The van der Waals surface area contributed by atoms with Crippen molar-refractivity contribution in [3.05, 3.63) is 84.2 Å². The predicted molar refractivity (Wildman–Crippen MR) is 106 cm³/mol. The summed E-state index contributed by atoms with van der Waals surface area (Å²) in [6.45, 7) is -0.304. The van der Waals surface area contributed by atoms with E-state index in [2.05, 4.69) is 10.9 Å². The van der Waals surface area contributed by atoms with Crippen LogP contribution < -0.4 is 20.3 Å². The molecule has 3 rings (SSSR count). The molecule has 0 radical (unpaired) electrons. The lowest BCUT2D eigenvalue weighted by molar-refractivity contribution is -0.123. The topological polar surface area (TPSA) is 76.7 Å². The Morgan fingerprint density at radius 1 is 0.897 bits per heavy atom. The minimum atomic E-state index is -0.674. The Morgan fingerprint density at radius 3 is 2.34 bits per heavy atom. The molecule has 0 spiro atoms. The summed E-state index contributed by atoms with van der Waals surface area (Å²) in [5, 5.41) is 0. The van der Waals surface area contributed by atoms with E-state index in [4.69, 9.17) is 9.47 Å². The molecule has 3 aromatic carbocycles. The number of hydrazine groups is 1. The molecule has 29 heavy (non-hydrogen) atoms. The smallest absolute Gasteiger partial charge is 0.276 e. The molecular weight excluding hydrogens is 375 g/mol. The molecule has 0 heterocycles. The Bertz CT molecular complexity index is 1010. The molecule has 3 aromatic rings. The van der Waals surface area contributed by atoms with Crippen molar-refractivity contribution >= 4 is 11.8 Å². The number of benzene rings is 3. The third-order valence-electron chi connectivity index (χ3n) is 4.06. The van der Waals surface area contributed by atoms with Gasteiger partial charge in [-0.2, -0.15) is 0 Å². The Balaban J connectivity index is 1.56. The van der Waals surface area contributed by atoms with Crippen LogP contribution in [-0.2, 0) is 4.79 Å². The first-order valence-corrected chi connectivity index (χ1v) is 8.78. The number of hydrogen-bond acceptors (Lipinski definition) is 4. The zero-order valence-corrected chi connectivity index (χ0v) is 15.6. The zero-order chi connectivity index (χ0) is 20.6. The molecule has 2 N–H and O–H groups in total. The monoisotopic (exact) mass is 394 g/mol. The van der Waals surface area contributed by atoms with E-state index in [1.807, 2.05) is 42.5 Å². The zero-order valence-electron chi connectivity index (χ0n) is 15.6. The van der Waals surface area contributed by atoms with Crippen LogP contribution in [0.5, 0.6) is 11.5 Å². The molecule has 0 saturated carbocycles. The van der Waals surface area contributed by atoms with Crippen molar-refractivity contribution in [2.45, 2.75) is 0 Å². The van der Waals surface area contributed by atoms with Gasteiger partial charge in [0, 0.05) is 11.1 Å². The number of halogens is 1. The van der Waals surface area contributed by atoms with E-state index >= 15 is 0 Å². The minimum absolute atomic E-state index is 0.0241. The number of ether oxygens (including phenoxy) is 2. The first-order valence-electron chi connectivity index (χ1n) is 8.78. The van der Waals surface area contributed by atoms with Gasteiger partial charge >= 0.3 is 0 Å². The summed E-state index contributed by atoms with van der Waals surface area (Å²) in [4.78, 5) is 24.1. The molecule has 6 nitrogen and oxygen atoms in total. The van der Waals surface area contributed by atoms with Gasteiger partial charge in [0.2, 0.25) is 0 Å². The number of carbonyl (C=O) groups excluding carboxylic acids is 2. The van der Waals surface area contributed by atoms with Crippen molar-refractivity contribution < 1.29 is 23.5 Å². The van der Waals surface area contributed by atoms with Crippen molar-refractivity contribution in [3.8, 4) is 22.6 Å². The summed E-state index contributed by atoms with van der Waals surface area (Å²) >= 11 is 0. The van der Waals surface area contributed by atoms with E-state index in [-0.39, 0.29) is 17.9 Å². The SMILES string of the molecule is COc1ccc(C(=O)NNC(=O)COc2ccccc2-c2ccccc2)cc1F. The number of amides is 2. The van der Waals surface area contributed by atoms with Crippen molar-refractivity contribution in [1.29, 1.82) is 0 Å². The van der Waals surface area contributed by atoms with Gasteiger partial charge in [0.25, 0.3) is 11.8 Å². The quantitative estimate of drug-likeness (QED) is 0.629. The number of methoxy groups -OCH3 is 1. The van der Waals surface area contributed by atoms with Crippen LogP contribution in [0.4, 0.5) is 4.39 Å². The highest BCUT2D eigenvalue weighted by molar-refractivity contribution is 5.95. The second-order valence-electron chi connectivity index (χ2n) is 6.00. The molecule has 148 valence electrons. The van der Waals surface area contributed by atoms with E-state index in [1.54, 1.807) is 12.1 Å². The van der Waals surface area contributed by atoms with Gasteiger partial charge in [0.1, 0.15) is 5.75 Å². The van der Waals surface area contributed by atoms with Crippen molar-refractivity contribution in [2.75, 3.05) is 13.7 Å². The average molecular weight is 394 g/mol. The highest BCUT2D eigenvalue weighted by Gasteiger charge is 2.12. The van der Waals surface area contributed by atoms with Crippen LogP contribution >= 0.6 is 0 Å². The van der Waals surface area contributed by atoms with Crippen LogP contribution in [0.1, 0.15) is 10.4 Å². The molecule has 0 aliphatic heterocycles. The maximum Gasteiger partial charge on any atom is 0.276 e. The number of hydrogen-bond donors (Lipinski definition) is 2. The molecule has 2 amide bonds. The predicted octanol–water partition coefficient (Wildman–Crippen LogP) is 3.34. The van der Waals surface area contributed by atoms with Crippen molar-refractivity contribution in [1.82, 2.24) is 10.9 Å². The number of carbonyl (C=O) groups is 2. The van der Waals surface area contributed by atoms with Crippen molar-refractivity contribution in [2.24, 2.45) is 0 Å². The van der Waals surface area contributed by atoms with E-state index in [1.165, 1.54) is 19.2 Å². The fourth-order valence-corrected chi connectivity index (χ4v) is 2.63. The normalized spacial score (nSPS) is 10.1. The van der Waals surface area contributed by atoms with E-state index in [0.717, 1.165) is 17.2 Å². The lowest BCUT2D eigenvalue weighted by Gasteiger charge is -2.12. The Morgan fingerprint density at radius 2 is 1.62 bits per heavy atom. The van der Waals surface area contributed by atoms with Crippen LogP contribution in [0, 0.1) is 5.82 Å². The molecule has 0 aliphatic carbocycles. The maximum atomic E-state index is 13.7. The molecule has 0 saturated heterocycles. The molecule has 7 heteroatoms. The minimum Gasteiger partial charge on any atom is -0.494 e. The van der Waals surface area contributed by atoms with Crippen LogP contribution in [-0.4, -0.2) is 25.5 Å². The summed E-state index contributed by atoms with van der Waals surface area (Å²) in [5.41, 5.74) is 6.30. The largest absolute Gasteiger partial charge is 0.494 e. The fraction of sp³-hybridized carbons (Fsp3) is 0.0909. The van der Waals surface area contributed by atoms with Gasteiger partial charge in [-0.3, -0.25) is 20.4 Å². The molecule has 0 bridgehead atoms. The summed E-state index contributed by atoms with van der Waals surface area (Å²) in [6.07, 6.45) is 0. The summed E-state index contributed by atoms with van der Waals surface area (Å²) in [5.74, 6) is -1.33. The first kappa shape index (κ1) is 19.9. The lowest BCUT2D eigenvalue weighted by atomic mass is 10.1. The summed E-state index contributed by atoms with van der Waals surface area (Å²) in [7, 11) is 1.33. The fourth-order valence-electron chi connectivity index (χ4n) is 2.63. The van der Waals surface area contributed by atoms with Gasteiger partial charge in [-0.15, -0.1) is 0 Å². The van der Waals surface area contributed by atoms with Gasteiger partial charge in [0.15, 0.2) is 18.2 Å². The standard InChI is InChI=1S/C22H19FN2O4/c1-28-20-12-11-16(13-18(20)23)22(27)25-24-21(26)14-29-19-10-6-5-9-17(19)15-7-3-2-4-8-15/h2-13H,14H2,1H3,(H,24,26)(H,25,27). The highest BCUT2D eigenvalue weighted by atomic mass is 19.1. The van der Waals surface area contributed by atoms with Gasteiger partial charge < -0.3 is 9.47 Å². The van der Waals surface area contributed by atoms with Gasteiger partial charge in [0.05, 0.1) is 7.11 Å². The van der Waals surface area contributed by atoms with Crippen LogP contribution in [0.3, 0.4) is 0 Å². The Kier molecular flexibility index (Phi) is 6.42. The molecular formula is C22H19FN2O4.